The molecule has 49 heavy (non-hydrogen) atoms. The molecular weight excluding hydrogens is 638 g/mol. The van der Waals surface area contributed by atoms with E-state index < -0.39 is 35.6 Å². The minimum absolute atomic E-state index is 0.0473. The van der Waals surface area contributed by atoms with Crippen molar-refractivity contribution in [1.29, 1.82) is 0 Å². The van der Waals surface area contributed by atoms with Crippen molar-refractivity contribution in [2.75, 3.05) is 53.2 Å². The third-order valence-corrected chi connectivity index (χ3v) is 8.50. The van der Waals surface area contributed by atoms with E-state index in [-0.39, 0.29) is 28.4 Å². The number of methoxy groups -OCH3 is 1. The van der Waals surface area contributed by atoms with Crippen LogP contribution in [0.5, 0.6) is 28.7 Å². The van der Waals surface area contributed by atoms with Gasteiger partial charge in [0.2, 0.25) is 0 Å². The second-order valence-corrected chi connectivity index (χ2v) is 11.5. The molecule has 1 saturated heterocycles. The first-order chi connectivity index (χ1) is 23.8. The van der Waals surface area contributed by atoms with E-state index in [1.165, 1.54) is 12.1 Å². The maximum absolute atomic E-state index is 15.7. The molecule has 2 aromatic heterocycles. The molecule has 3 aromatic carbocycles. The second-order valence-electron chi connectivity index (χ2n) is 11.5. The average molecular weight is 671 g/mol. The van der Waals surface area contributed by atoms with Crippen molar-refractivity contribution in [3.05, 3.63) is 100 Å². The molecule has 5 aromatic rings. The van der Waals surface area contributed by atoms with Crippen LogP contribution in [0.3, 0.4) is 0 Å². The first-order valence-corrected chi connectivity index (χ1v) is 15.7. The van der Waals surface area contributed by atoms with Crippen molar-refractivity contribution in [3.63, 3.8) is 0 Å². The van der Waals surface area contributed by atoms with Gasteiger partial charge in [-0.05, 0) is 48.5 Å². The number of ether oxygens (including phenoxy) is 5. The van der Waals surface area contributed by atoms with Crippen molar-refractivity contribution in [2.45, 2.75) is 6.17 Å². The average Bonchev–Trinajstić information content (AvgIpc) is 3.48. The number of nitrogens with two attached hydrogens (primary N) is 1. The Kier molecular flexibility index (Phi) is 8.85. The van der Waals surface area contributed by atoms with Gasteiger partial charge in [0.1, 0.15) is 41.8 Å². The molecular formula is C36H32F2N4O7. The van der Waals surface area contributed by atoms with Crippen LogP contribution in [0.1, 0.15) is 22.1 Å². The summed E-state index contributed by atoms with van der Waals surface area (Å²) < 4.78 is 60.1. The van der Waals surface area contributed by atoms with Gasteiger partial charge in [0.25, 0.3) is 11.5 Å². The van der Waals surface area contributed by atoms with Crippen molar-refractivity contribution < 1.29 is 37.3 Å². The zero-order valence-electron chi connectivity index (χ0n) is 26.5. The molecule has 2 aliphatic rings. The van der Waals surface area contributed by atoms with Crippen molar-refractivity contribution in [1.82, 2.24) is 14.5 Å². The van der Waals surface area contributed by atoms with Gasteiger partial charge in [0, 0.05) is 48.5 Å². The number of fused-ring (bicyclic) bond motifs is 2. The first kappa shape index (κ1) is 32.0. The number of para-hydroxylation sites is 1. The lowest BCUT2D eigenvalue weighted by molar-refractivity contribution is 0.0321. The van der Waals surface area contributed by atoms with Crippen LogP contribution in [0.4, 0.5) is 8.78 Å². The zero-order chi connectivity index (χ0) is 34.1. The molecule has 4 heterocycles. The van der Waals surface area contributed by atoms with Gasteiger partial charge < -0.3 is 29.4 Å². The van der Waals surface area contributed by atoms with Gasteiger partial charge in [-0.25, -0.2) is 8.78 Å². The lowest BCUT2D eigenvalue weighted by Crippen LogP contribution is -2.38. The highest BCUT2D eigenvalue weighted by molar-refractivity contribution is 5.97. The lowest BCUT2D eigenvalue weighted by Gasteiger charge is -2.26. The number of primary amides is 1. The zero-order valence-corrected chi connectivity index (χ0v) is 26.5. The van der Waals surface area contributed by atoms with E-state index in [1.807, 2.05) is 0 Å². The van der Waals surface area contributed by atoms with E-state index >= 15 is 4.39 Å². The Morgan fingerprint density at radius 2 is 1.80 bits per heavy atom. The lowest BCUT2D eigenvalue weighted by atomic mass is 9.98. The number of pyridine rings is 2. The number of nitrogens with zero attached hydrogens (tertiary/aromatic N) is 3. The monoisotopic (exact) mass is 670 g/mol. The van der Waals surface area contributed by atoms with Crippen LogP contribution < -0.4 is 30.2 Å². The fraction of sp³-hybridized carbons (Fsp3) is 0.250. The molecule has 0 spiro atoms. The predicted molar refractivity (Wildman–Crippen MR) is 176 cm³/mol. The van der Waals surface area contributed by atoms with Gasteiger partial charge >= 0.3 is 0 Å². The van der Waals surface area contributed by atoms with E-state index in [0.29, 0.717) is 53.5 Å². The third kappa shape index (κ3) is 6.14. The highest BCUT2D eigenvalue weighted by atomic mass is 19.1. The molecule has 0 saturated carbocycles. The van der Waals surface area contributed by atoms with Gasteiger partial charge in [0.05, 0.1) is 37.1 Å². The Hall–Kier alpha value is -5.53. The number of amides is 1. The fourth-order valence-electron chi connectivity index (χ4n) is 6.14. The number of carbonyl (C=O) groups excluding carboxylic acids is 1. The van der Waals surface area contributed by atoms with Crippen LogP contribution in [0.15, 0.2) is 77.7 Å². The number of hydrogen-bond acceptors (Lipinski definition) is 9. The molecule has 1 unspecified atom stereocenters. The van der Waals surface area contributed by atoms with Crippen LogP contribution in [-0.4, -0.2) is 73.5 Å². The molecule has 0 bridgehead atoms. The Balaban J connectivity index is 1.32. The number of benzene rings is 3. The Bertz CT molecular complexity index is 2100. The molecule has 1 amide bonds. The Labute approximate surface area is 279 Å². The summed E-state index contributed by atoms with van der Waals surface area (Å²) in [5, 5.41) is 0.603. The fourth-order valence-corrected chi connectivity index (χ4v) is 6.14. The SMILES string of the molecule is COc1cc2c(Oc3ccccc3-c3c4c(c(C(N)=O)c(=O)n3-c3ccc(F)cc3)OCC4F)ccnc2cc1OCCN1CCOCC1. The van der Waals surface area contributed by atoms with E-state index in [1.54, 1.807) is 55.8 Å². The minimum Gasteiger partial charge on any atom is -0.493 e. The van der Waals surface area contributed by atoms with Crippen molar-refractivity contribution in [3.8, 4) is 45.7 Å². The summed E-state index contributed by atoms with van der Waals surface area (Å²) in [7, 11) is 1.54. The number of hydrogen-bond donors (Lipinski definition) is 1. The molecule has 2 N–H and O–H groups in total. The third-order valence-electron chi connectivity index (χ3n) is 8.50. The second kappa shape index (κ2) is 13.5. The van der Waals surface area contributed by atoms with Crippen molar-refractivity contribution >= 4 is 16.8 Å². The van der Waals surface area contributed by atoms with Crippen LogP contribution in [0.25, 0.3) is 27.8 Å². The maximum atomic E-state index is 15.7. The summed E-state index contributed by atoms with van der Waals surface area (Å²) >= 11 is 0. The molecule has 252 valence electrons. The maximum Gasteiger partial charge on any atom is 0.272 e. The van der Waals surface area contributed by atoms with E-state index in [2.05, 4.69) is 9.88 Å². The van der Waals surface area contributed by atoms with Crippen LogP contribution in [-0.2, 0) is 4.74 Å². The first-order valence-electron chi connectivity index (χ1n) is 15.7. The van der Waals surface area contributed by atoms with Gasteiger partial charge in [-0.3, -0.25) is 24.0 Å². The summed E-state index contributed by atoms with van der Waals surface area (Å²) in [5.41, 5.74) is 5.34. The summed E-state index contributed by atoms with van der Waals surface area (Å²) in [6.07, 6.45) is -0.125. The Morgan fingerprint density at radius 1 is 1.02 bits per heavy atom. The number of halogens is 2. The molecule has 13 heteroatoms. The normalized spacial score (nSPS) is 15.9. The highest BCUT2D eigenvalue weighted by Crippen LogP contribution is 2.47. The van der Waals surface area contributed by atoms with Crippen LogP contribution in [0, 0.1) is 5.82 Å². The molecule has 1 fully saturated rings. The molecule has 0 radical (unpaired) electrons. The quantitative estimate of drug-likeness (QED) is 0.213. The summed E-state index contributed by atoms with van der Waals surface area (Å²) in [6.45, 7) is 3.84. The van der Waals surface area contributed by atoms with Crippen LogP contribution in [0.2, 0.25) is 0 Å². The topological polar surface area (TPSA) is 127 Å². The van der Waals surface area contributed by atoms with Gasteiger partial charge in [-0.1, -0.05) is 12.1 Å². The summed E-state index contributed by atoms with van der Waals surface area (Å²) in [5.74, 6) is -0.209. The molecule has 11 nitrogen and oxygen atoms in total. The van der Waals surface area contributed by atoms with Crippen LogP contribution >= 0.6 is 0 Å². The van der Waals surface area contributed by atoms with Gasteiger partial charge in [-0.15, -0.1) is 0 Å². The number of alkyl halides is 1. The summed E-state index contributed by atoms with van der Waals surface area (Å²) in [6, 6.07) is 17.0. The van der Waals surface area contributed by atoms with Gasteiger partial charge in [0.15, 0.2) is 17.7 Å². The van der Waals surface area contributed by atoms with E-state index in [9.17, 15) is 14.0 Å². The molecule has 7 rings (SSSR count). The summed E-state index contributed by atoms with van der Waals surface area (Å²) in [4.78, 5) is 33.2. The number of carbonyl (C=O) groups is 1. The standard InChI is InChI=1S/C36H32F2N4O7/c1-45-29-18-24-26(19-30(29)47-17-14-41-12-15-46-16-13-41)40-11-10-28(24)49-27-5-3-2-4-23(27)33-31-25(38)20-48-34(31)32(35(39)43)36(44)42(33)22-8-6-21(37)7-9-22/h2-11,18-19,25H,12-17,20H2,1H3,(H2,39,43). The molecule has 0 aliphatic carbocycles. The highest BCUT2D eigenvalue weighted by Gasteiger charge is 2.37. The number of rotatable bonds is 10. The number of aromatic nitrogens is 2. The van der Waals surface area contributed by atoms with Crippen molar-refractivity contribution in [2.24, 2.45) is 5.73 Å². The predicted octanol–water partition coefficient (Wildman–Crippen LogP) is 5.21. The van der Waals surface area contributed by atoms with E-state index in [0.717, 1.165) is 36.3 Å². The minimum atomic E-state index is -1.71. The van der Waals surface area contributed by atoms with E-state index in [4.69, 9.17) is 29.4 Å². The smallest absolute Gasteiger partial charge is 0.272 e. The Morgan fingerprint density at radius 3 is 2.55 bits per heavy atom. The number of morpholine rings is 1. The molecule has 1 atom stereocenters. The largest absolute Gasteiger partial charge is 0.493 e. The van der Waals surface area contributed by atoms with Gasteiger partial charge in [-0.2, -0.15) is 0 Å². The molecule has 2 aliphatic heterocycles.